The maximum absolute atomic E-state index is 12.3. The van der Waals surface area contributed by atoms with Gasteiger partial charge in [-0.15, -0.1) is 0 Å². The Bertz CT molecular complexity index is 648. The van der Waals surface area contributed by atoms with Gasteiger partial charge in [0.05, 0.1) is 0 Å². The SMILES string of the molecule is CN(Cc1ccccc1)C(=O)NC[C@@H]1CCC[C@]12NC(=O)NC2=O. The van der Waals surface area contributed by atoms with E-state index in [1.165, 1.54) is 0 Å². The number of hydrogen-bond acceptors (Lipinski definition) is 3. The monoisotopic (exact) mass is 330 g/mol. The van der Waals surface area contributed by atoms with Crippen LogP contribution < -0.4 is 16.0 Å². The Labute approximate surface area is 140 Å². The molecule has 7 heteroatoms. The zero-order valence-electron chi connectivity index (χ0n) is 13.7. The molecule has 1 aliphatic heterocycles. The van der Waals surface area contributed by atoms with Crippen LogP contribution in [-0.4, -0.2) is 42.0 Å². The standard InChI is InChI=1S/C17H22N4O3/c1-21(11-12-6-3-2-4-7-12)16(24)18-10-13-8-5-9-17(13)14(22)19-15(23)20-17/h2-4,6-7,13H,5,8-11H2,1H3,(H,18,24)(H2,19,20,22,23)/t13-,17-/m0/s1. The van der Waals surface area contributed by atoms with Crippen LogP contribution in [0.1, 0.15) is 24.8 Å². The minimum absolute atomic E-state index is 0.0852. The number of carbonyl (C=O) groups excluding carboxylic acids is 3. The van der Waals surface area contributed by atoms with Gasteiger partial charge < -0.3 is 15.5 Å². The van der Waals surface area contributed by atoms with Crippen molar-refractivity contribution in [2.45, 2.75) is 31.3 Å². The van der Waals surface area contributed by atoms with Gasteiger partial charge in [-0.05, 0) is 18.4 Å². The van der Waals surface area contributed by atoms with Crippen molar-refractivity contribution >= 4 is 18.0 Å². The second-order valence-corrected chi connectivity index (χ2v) is 6.50. The van der Waals surface area contributed by atoms with E-state index in [2.05, 4.69) is 16.0 Å². The maximum Gasteiger partial charge on any atom is 0.322 e. The fraction of sp³-hybridized carbons (Fsp3) is 0.471. The average molecular weight is 330 g/mol. The number of amides is 5. The first-order valence-electron chi connectivity index (χ1n) is 8.18. The molecule has 5 amide bonds. The Morgan fingerprint density at radius 2 is 2.08 bits per heavy atom. The summed E-state index contributed by atoms with van der Waals surface area (Å²) in [7, 11) is 1.73. The molecule has 0 bridgehead atoms. The van der Waals surface area contributed by atoms with E-state index in [4.69, 9.17) is 0 Å². The number of nitrogens with zero attached hydrogens (tertiary/aromatic N) is 1. The largest absolute Gasteiger partial charge is 0.338 e. The lowest BCUT2D eigenvalue weighted by molar-refractivity contribution is -0.125. The average Bonchev–Trinajstić information content (AvgIpc) is 3.09. The molecule has 3 rings (SSSR count). The predicted octanol–water partition coefficient (Wildman–Crippen LogP) is 1.21. The summed E-state index contributed by atoms with van der Waals surface area (Å²) in [6, 6.07) is 9.10. The molecule has 2 fully saturated rings. The molecule has 1 saturated heterocycles. The lowest BCUT2D eigenvalue weighted by Crippen LogP contribution is -2.53. The van der Waals surface area contributed by atoms with Crippen molar-refractivity contribution in [1.29, 1.82) is 0 Å². The van der Waals surface area contributed by atoms with Crippen LogP contribution in [0.3, 0.4) is 0 Å². The highest BCUT2D eigenvalue weighted by Gasteiger charge is 2.54. The van der Waals surface area contributed by atoms with E-state index >= 15 is 0 Å². The molecule has 1 saturated carbocycles. The third-order valence-electron chi connectivity index (χ3n) is 4.90. The normalized spacial score (nSPS) is 25.5. The number of hydrogen-bond donors (Lipinski definition) is 3. The van der Waals surface area contributed by atoms with Crippen molar-refractivity contribution in [2.75, 3.05) is 13.6 Å². The topological polar surface area (TPSA) is 90.5 Å². The number of rotatable bonds is 4. The molecule has 1 aromatic carbocycles. The van der Waals surface area contributed by atoms with Crippen LogP contribution in [0.5, 0.6) is 0 Å². The van der Waals surface area contributed by atoms with Gasteiger partial charge in [-0.2, -0.15) is 0 Å². The Balaban J connectivity index is 1.56. The number of imide groups is 1. The Hall–Kier alpha value is -2.57. The van der Waals surface area contributed by atoms with E-state index in [0.29, 0.717) is 19.5 Å². The molecule has 1 heterocycles. The molecule has 0 unspecified atom stereocenters. The number of urea groups is 2. The molecular formula is C17H22N4O3. The summed E-state index contributed by atoms with van der Waals surface area (Å²) in [5.41, 5.74) is 0.192. The van der Waals surface area contributed by atoms with E-state index in [-0.39, 0.29) is 17.9 Å². The van der Waals surface area contributed by atoms with Crippen LogP contribution in [-0.2, 0) is 11.3 Å². The summed E-state index contributed by atoms with van der Waals surface area (Å²) in [6.45, 7) is 0.880. The smallest absolute Gasteiger partial charge is 0.322 e. The Kier molecular flexibility index (Phi) is 4.42. The number of carbonyl (C=O) groups is 3. The highest BCUT2D eigenvalue weighted by Crippen LogP contribution is 2.37. The van der Waals surface area contributed by atoms with Gasteiger partial charge in [-0.25, -0.2) is 9.59 Å². The van der Waals surface area contributed by atoms with E-state index in [1.54, 1.807) is 11.9 Å². The second kappa shape index (κ2) is 6.51. The Morgan fingerprint density at radius 1 is 1.33 bits per heavy atom. The summed E-state index contributed by atoms with van der Waals surface area (Å²) >= 11 is 0. The molecule has 0 aromatic heterocycles. The summed E-state index contributed by atoms with van der Waals surface area (Å²) < 4.78 is 0. The van der Waals surface area contributed by atoms with Crippen LogP contribution in [0, 0.1) is 5.92 Å². The molecule has 2 atom stereocenters. The summed E-state index contributed by atoms with van der Waals surface area (Å²) in [4.78, 5) is 37.5. The van der Waals surface area contributed by atoms with Gasteiger partial charge in [0.2, 0.25) is 0 Å². The van der Waals surface area contributed by atoms with Gasteiger partial charge in [-0.1, -0.05) is 36.8 Å². The first-order valence-corrected chi connectivity index (χ1v) is 8.18. The first-order chi connectivity index (χ1) is 11.5. The van der Waals surface area contributed by atoms with E-state index in [1.807, 2.05) is 30.3 Å². The van der Waals surface area contributed by atoms with Gasteiger partial charge in [0.25, 0.3) is 5.91 Å². The Morgan fingerprint density at radius 3 is 2.75 bits per heavy atom. The third-order valence-corrected chi connectivity index (χ3v) is 4.90. The first kappa shape index (κ1) is 16.3. The van der Waals surface area contributed by atoms with Gasteiger partial charge in [0, 0.05) is 26.1 Å². The quantitative estimate of drug-likeness (QED) is 0.725. The van der Waals surface area contributed by atoms with Crippen LogP contribution in [0.2, 0.25) is 0 Å². The van der Waals surface area contributed by atoms with Crippen molar-refractivity contribution in [1.82, 2.24) is 20.9 Å². The molecule has 2 aliphatic rings. The highest BCUT2D eigenvalue weighted by molar-refractivity contribution is 6.07. The zero-order chi connectivity index (χ0) is 17.2. The molecule has 0 radical (unpaired) electrons. The van der Waals surface area contributed by atoms with Crippen molar-refractivity contribution in [3.05, 3.63) is 35.9 Å². The van der Waals surface area contributed by atoms with E-state index < -0.39 is 11.6 Å². The van der Waals surface area contributed by atoms with Crippen molar-refractivity contribution < 1.29 is 14.4 Å². The van der Waals surface area contributed by atoms with Gasteiger partial charge in [-0.3, -0.25) is 10.1 Å². The van der Waals surface area contributed by atoms with Crippen molar-refractivity contribution in [2.24, 2.45) is 5.92 Å². The van der Waals surface area contributed by atoms with Crippen molar-refractivity contribution in [3.8, 4) is 0 Å². The maximum atomic E-state index is 12.3. The van der Waals surface area contributed by atoms with Crippen LogP contribution in [0.4, 0.5) is 9.59 Å². The van der Waals surface area contributed by atoms with Gasteiger partial charge >= 0.3 is 12.1 Å². The molecule has 1 aliphatic carbocycles. The fourth-order valence-corrected chi connectivity index (χ4v) is 3.60. The van der Waals surface area contributed by atoms with E-state index in [0.717, 1.165) is 18.4 Å². The molecule has 7 nitrogen and oxygen atoms in total. The fourth-order valence-electron chi connectivity index (χ4n) is 3.60. The molecule has 1 spiro atoms. The van der Waals surface area contributed by atoms with Crippen LogP contribution in [0.25, 0.3) is 0 Å². The molecule has 128 valence electrons. The van der Waals surface area contributed by atoms with Gasteiger partial charge in [0.1, 0.15) is 5.54 Å². The van der Waals surface area contributed by atoms with Gasteiger partial charge in [0.15, 0.2) is 0 Å². The van der Waals surface area contributed by atoms with Crippen LogP contribution in [0.15, 0.2) is 30.3 Å². The summed E-state index contributed by atoms with van der Waals surface area (Å²) in [5, 5.41) is 7.95. The van der Waals surface area contributed by atoms with Crippen molar-refractivity contribution in [3.63, 3.8) is 0 Å². The lowest BCUT2D eigenvalue weighted by Gasteiger charge is -2.29. The second-order valence-electron chi connectivity index (χ2n) is 6.50. The predicted molar refractivity (Wildman–Crippen MR) is 88.1 cm³/mol. The summed E-state index contributed by atoms with van der Waals surface area (Å²) in [5.74, 6) is -0.361. The molecule has 3 N–H and O–H groups in total. The molecule has 24 heavy (non-hydrogen) atoms. The summed E-state index contributed by atoms with van der Waals surface area (Å²) in [6.07, 6.45) is 2.27. The minimum atomic E-state index is -0.859. The minimum Gasteiger partial charge on any atom is -0.338 e. The molecular weight excluding hydrogens is 308 g/mol. The number of nitrogens with one attached hydrogen (secondary N) is 3. The third kappa shape index (κ3) is 3.06. The molecule has 1 aromatic rings. The van der Waals surface area contributed by atoms with E-state index in [9.17, 15) is 14.4 Å². The van der Waals surface area contributed by atoms with Crippen LogP contribution >= 0.6 is 0 Å². The zero-order valence-corrected chi connectivity index (χ0v) is 13.7. The number of benzene rings is 1. The highest BCUT2D eigenvalue weighted by atomic mass is 16.2. The lowest BCUT2D eigenvalue weighted by atomic mass is 9.87.